The molecule has 0 saturated carbocycles. The number of aromatic nitrogens is 1. The minimum Gasteiger partial charge on any atom is -0.436 e. The second-order valence-electron chi connectivity index (χ2n) is 3.76. The summed E-state index contributed by atoms with van der Waals surface area (Å²) in [4.78, 5) is 3.87. The highest BCUT2D eigenvalue weighted by atomic mass is 19.2. The molecule has 5 heteroatoms. The summed E-state index contributed by atoms with van der Waals surface area (Å²) in [6.45, 7) is 1.59. The predicted octanol–water partition coefficient (Wildman–Crippen LogP) is 3.21. The quantitative estimate of drug-likeness (QED) is 0.910. The number of ether oxygens (including phenoxy) is 1. The van der Waals surface area contributed by atoms with Crippen molar-refractivity contribution in [3.63, 3.8) is 0 Å². The third-order valence-electron chi connectivity index (χ3n) is 2.37. The van der Waals surface area contributed by atoms with Gasteiger partial charge < -0.3 is 9.84 Å². The number of aliphatic hydroxyl groups is 1. The Balaban J connectivity index is 2.28. The van der Waals surface area contributed by atoms with Crippen molar-refractivity contribution in [3.8, 4) is 11.6 Å². The smallest absolute Gasteiger partial charge is 0.219 e. The highest BCUT2D eigenvalue weighted by Crippen LogP contribution is 2.25. The first kappa shape index (κ1) is 12.4. The maximum atomic E-state index is 13.4. The highest BCUT2D eigenvalue weighted by Gasteiger charge is 2.11. The second-order valence-corrected chi connectivity index (χ2v) is 3.76. The summed E-state index contributed by atoms with van der Waals surface area (Å²) in [5.74, 6) is -2.20. The Morgan fingerprint density at radius 3 is 2.78 bits per heavy atom. The van der Waals surface area contributed by atoms with Gasteiger partial charge >= 0.3 is 0 Å². The van der Waals surface area contributed by atoms with E-state index >= 15 is 0 Å². The van der Waals surface area contributed by atoms with Crippen molar-refractivity contribution in [1.82, 2.24) is 4.98 Å². The lowest BCUT2D eigenvalue weighted by molar-refractivity contribution is 0.198. The van der Waals surface area contributed by atoms with Crippen molar-refractivity contribution >= 4 is 0 Å². The Kier molecular flexibility index (Phi) is 3.53. The summed E-state index contributed by atoms with van der Waals surface area (Å²) in [5.41, 5.74) is 0.580. The summed E-state index contributed by atoms with van der Waals surface area (Å²) in [5, 5.41) is 9.40. The van der Waals surface area contributed by atoms with Gasteiger partial charge in [0.15, 0.2) is 11.6 Å². The lowest BCUT2D eigenvalue weighted by atomic mass is 10.2. The third-order valence-corrected chi connectivity index (χ3v) is 2.37. The standard InChI is InChI=1S/C13H11F2NO2/c1-8(17)9-5-6-16-12(7-9)18-11-4-2-3-10(14)13(11)15/h2-8,17H,1H3. The van der Waals surface area contributed by atoms with Gasteiger partial charge in [-0.1, -0.05) is 6.07 Å². The van der Waals surface area contributed by atoms with Crippen LogP contribution < -0.4 is 4.74 Å². The lowest BCUT2D eigenvalue weighted by Crippen LogP contribution is -1.96. The molecule has 3 nitrogen and oxygen atoms in total. The molecule has 94 valence electrons. The van der Waals surface area contributed by atoms with Crippen molar-refractivity contribution in [1.29, 1.82) is 0 Å². The molecule has 1 heterocycles. The Morgan fingerprint density at radius 2 is 2.06 bits per heavy atom. The molecule has 1 unspecified atom stereocenters. The first-order chi connectivity index (χ1) is 8.58. The monoisotopic (exact) mass is 251 g/mol. The summed E-state index contributed by atoms with van der Waals surface area (Å²) < 4.78 is 31.5. The van der Waals surface area contributed by atoms with Crippen LogP contribution in [0, 0.1) is 11.6 Å². The van der Waals surface area contributed by atoms with Gasteiger partial charge in [-0.05, 0) is 30.7 Å². The molecule has 0 aliphatic heterocycles. The maximum absolute atomic E-state index is 13.4. The van der Waals surface area contributed by atoms with Crippen LogP contribution in [0.25, 0.3) is 0 Å². The molecule has 18 heavy (non-hydrogen) atoms. The molecule has 2 rings (SSSR count). The number of hydrogen-bond acceptors (Lipinski definition) is 3. The number of rotatable bonds is 3. The first-order valence-corrected chi connectivity index (χ1v) is 5.34. The van der Waals surface area contributed by atoms with E-state index in [4.69, 9.17) is 4.74 Å². The molecule has 1 aromatic carbocycles. The Hall–Kier alpha value is -2.01. The van der Waals surface area contributed by atoms with Gasteiger partial charge in [0, 0.05) is 12.3 Å². The molecule has 0 bridgehead atoms. The summed E-state index contributed by atoms with van der Waals surface area (Å²) in [6.07, 6.45) is 0.738. The van der Waals surface area contributed by atoms with E-state index in [1.54, 1.807) is 13.0 Å². The summed E-state index contributed by atoms with van der Waals surface area (Å²) in [7, 11) is 0. The van der Waals surface area contributed by atoms with Crippen LogP contribution in [-0.2, 0) is 0 Å². The van der Waals surface area contributed by atoms with Crippen molar-refractivity contribution in [2.24, 2.45) is 0 Å². The van der Waals surface area contributed by atoms with Gasteiger partial charge in [0.05, 0.1) is 6.10 Å². The van der Waals surface area contributed by atoms with Crippen LogP contribution in [0.4, 0.5) is 8.78 Å². The largest absolute Gasteiger partial charge is 0.436 e. The molecule has 0 saturated heterocycles. The zero-order chi connectivity index (χ0) is 13.1. The van der Waals surface area contributed by atoms with Crippen LogP contribution in [0.1, 0.15) is 18.6 Å². The van der Waals surface area contributed by atoms with Crippen molar-refractivity contribution in [2.45, 2.75) is 13.0 Å². The number of hydrogen-bond donors (Lipinski definition) is 1. The molecular formula is C13H11F2NO2. The predicted molar refractivity (Wildman–Crippen MR) is 61.3 cm³/mol. The molecule has 2 aromatic rings. The molecule has 0 radical (unpaired) electrons. The normalized spacial score (nSPS) is 12.2. The Morgan fingerprint density at radius 1 is 1.28 bits per heavy atom. The van der Waals surface area contributed by atoms with Gasteiger partial charge in [0.1, 0.15) is 0 Å². The SMILES string of the molecule is CC(O)c1ccnc(Oc2cccc(F)c2F)c1. The van der Waals surface area contributed by atoms with E-state index in [0.29, 0.717) is 5.56 Å². The number of nitrogens with zero attached hydrogens (tertiary/aromatic N) is 1. The average molecular weight is 251 g/mol. The number of benzene rings is 1. The van der Waals surface area contributed by atoms with Crippen molar-refractivity contribution < 1.29 is 18.6 Å². The van der Waals surface area contributed by atoms with Crippen molar-refractivity contribution in [2.75, 3.05) is 0 Å². The molecule has 1 N–H and O–H groups in total. The fourth-order valence-electron chi connectivity index (χ4n) is 1.42. The molecule has 1 aromatic heterocycles. The summed E-state index contributed by atoms with van der Waals surface area (Å²) in [6, 6.07) is 6.72. The topological polar surface area (TPSA) is 42.4 Å². The van der Waals surface area contributed by atoms with E-state index in [1.807, 2.05) is 0 Å². The molecule has 0 aliphatic rings. The van der Waals surface area contributed by atoms with E-state index in [9.17, 15) is 13.9 Å². The highest BCUT2D eigenvalue weighted by molar-refractivity contribution is 5.31. The van der Waals surface area contributed by atoms with Crippen LogP contribution in [0.2, 0.25) is 0 Å². The fraction of sp³-hybridized carbons (Fsp3) is 0.154. The minimum atomic E-state index is -1.07. The van der Waals surface area contributed by atoms with E-state index in [-0.39, 0.29) is 11.6 Å². The first-order valence-electron chi connectivity index (χ1n) is 5.34. The van der Waals surface area contributed by atoms with Crippen LogP contribution in [0.3, 0.4) is 0 Å². The van der Waals surface area contributed by atoms with Crippen LogP contribution >= 0.6 is 0 Å². The van der Waals surface area contributed by atoms with Gasteiger partial charge in [0.25, 0.3) is 0 Å². The number of pyridine rings is 1. The third kappa shape index (κ3) is 2.62. The average Bonchev–Trinajstić information content (AvgIpc) is 2.35. The Bertz CT molecular complexity index is 558. The Labute approximate surface area is 103 Å². The van der Waals surface area contributed by atoms with Gasteiger partial charge in [0.2, 0.25) is 11.7 Å². The van der Waals surface area contributed by atoms with Gasteiger partial charge in [-0.2, -0.15) is 4.39 Å². The zero-order valence-electron chi connectivity index (χ0n) is 9.60. The van der Waals surface area contributed by atoms with E-state index in [2.05, 4.69) is 4.98 Å². The van der Waals surface area contributed by atoms with Gasteiger partial charge in [-0.25, -0.2) is 9.37 Å². The van der Waals surface area contributed by atoms with Gasteiger partial charge in [-0.3, -0.25) is 0 Å². The number of aliphatic hydroxyl groups excluding tert-OH is 1. The van der Waals surface area contributed by atoms with Crippen LogP contribution in [0.5, 0.6) is 11.6 Å². The molecule has 0 aliphatic carbocycles. The van der Waals surface area contributed by atoms with Gasteiger partial charge in [-0.15, -0.1) is 0 Å². The summed E-state index contributed by atoms with van der Waals surface area (Å²) >= 11 is 0. The number of halogens is 2. The lowest BCUT2D eigenvalue weighted by Gasteiger charge is -2.08. The van der Waals surface area contributed by atoms with Crippen molar-refractivity contribution in [3.05, 3.63) is 53.7 Å². The van der Waals surface area contributed by atoms with E-state index in [1.165, 1.54) is 24.4 Å². The van der Waals surface area contributed by atoms with E-state index < -0.39 is 17.7 Å². The molecule has 1 atom stereocenters. The maximum Gasteiger partial charge on any atom is 0.219 e. The molecule has 0 spiro atoms. The van der Waals surface area contributed by atoms with Crippen LogP contribution in [-0.4, -0.2) is 10.1 Å². The van der Waals surface area contributed by atoms with Crippen LogP contribution in [0.15, 0.2) is 36.5 Å². The molecular weight excluding hydrogens is 240 g/mol. The fourth-order valence-corrected chi connectivity index (χ4v) is 1.42. The molecule has 0 amide bonds. The molecule has 0 fully saturated rings. The van der Waals surface area contributed by atoms with E-state index in [0.717, 1.165) is 6.07 Å². The zero-order valence-corrected chi connectivity index (χ0v) is 9.60. The second kappa shape index (κ2) is 5.10. The minimum absolute atomic E-state index is 0.0953.